The second-order valence-corrected chi connectivity index (χ2v) is 15.0. The number of aryl methyl sites for hydroxylation is 1. The Morgan fingerprint density at radius 2 is 1.49 bits per heavy atom. The molecule has 0 aliphatic rings. The van der Waals surface area contributed by atoms with Gasteiger partial charge in [-0.05, 0) is 90.4 Å². The van der Waals surface area contributed by atoms with Gasteiger partial charge in [0.2, 0.25) is 0 Å². The summed E-state index contributed by atoms with van der Waals surface area (Å²) < 4.78 is 2.48. The predicted octanol–water partition coefficient (Wildman–Crippen LogP) is 12.6. The number of hydrogen-bond acceptors (Lipinski definition) is 3. The molecule has 2 heterocycles. The first-order valence-electron chi connectivity index (χ1n) is 18.4. The summed E-state index contributed by atoms with van der Waals surface area (Å²) in [5.41, 5.74) is 6.40. The molecule has 5 heteroatoms. The number of para-hydroxylation sites is 1. The third kappa shape index (κ3) is 7.34. The number of rotatable bonds is 9. The minimum atomic E-state index is 0. The number of ketones is 1. The number of fused-ring (bicyclic) bond motifs is 4. The van der Waals surface area contributed by atoms with E-state index in [0.29, 0.717) is 0 Å². The number of carbonyl (C=O) groups excluding carboxylic acids is 1. The van der Waals surface area contributed by atoms with E-state index in [-0.39, 0.29) is 48.9 Å². The molecule has 5 aromatic carbocycles. The Kier molecular flexibility index (Phi) is 11.7. The number of hydrogen-bond donors (Lipinski definition) is 1. The van der Waals surface area contributed by atoms with Crippen LogP contribution in [0.2, 0.25) is 0 Å². The van der Waals surface area contributed by atoms with Crippen molar-refractivity contribution in [2.75, 3.05) is 0 Å². The fourth-order valence-corrected chi connectivity index (χ4v) is 7.81. The molecule has 0 saturated carbocycles. The van der Waals surface area contributed by atoms with E-state index in [1.807, 2.05) is 33.9 Å². The average Bonchev–Trinajstić information content (AvgIpc) is 3.42. The largest absolute Gasteiger partial charge is 0.512 e. The number of nitrogens with zero attached hydrogens (tertiary/aromatic N) is 2. The average molecular weight is 856 g/mol. The first-order chi connectivity index (χ1) is 24.0. The molecule has 0 bridgehead atoms. The summed E-state index contributed by atoms with van der Waals surface area (Å²) in [5.74, 6) is 0.547. The van der Waals surface area contributed by atoms with Gasteiger partial charge in [0.05, 0.1) is 11.3 Å². The smallest absolute Gasteiger partial charge is 0.162 e. The molecule has 0 saturated heterocycles. The van der Waals surface area contributed by atoms with Crippen molar-refractivity contribution in [3.05, 3.63) is 108 Å². The molecule has 0 aliphatic heterocycles. The van der Waals surface area contributed by atoms with E-state index in [1.54, 1.807) is 0 Å². The maximum Gasteiger partial charge on any atom is 0.162 e. The standard InChI is InChI=1S/C33H27N2.C13H24O2.Ir/c1-20-28-26-17-21-10-8-9-11-22(21)18-27(26)31-29-23(14-15-34-31)16-24(19-33(2,3)4)32(30(28)29)35(20)25-12-6-5-7-13-25;1-5-10(6-2)12(14)9-13(15)11(7-3)8-4;/h5-17H,19H2,1-4H3;9-11,14H,5-8H2,1-4H3;/q-1;;/b;12-9-;. The van der Waals surface area contributed by atoms with Gasteiger partial charge in [-0.2, -0.15) is 0 Å². The van der Waals surface area contributed by atoms with Crippen LogP contribution in [0.3, 0.4) is 0 Å². The molecule has 4 nitrogen and oxygen atoms in total. The third-order valence-corrected chi connectivity index (χ3v) is 10.4. The Labute approximate surface area is 316 Å². The number of allylic oxidation sites excluding steroid dienone is 2. The van der Waals surface area contributed by atoms with E-state index >= 15 is 0 Å². The Morgan fingerprint density at radius 3 is 2.14 bits per heavy atom. The first-order valence-corrected chi connectivity index (χ1v) is 18.4. The minimum Gasteiger partial charge on any atom is -0.512 e. The van der Waals surface area contributed by atoms with E-state index in [4.69, 9.17) is 4.98 Å². The molecule has 51 heavy (non-hydrogen) atoms. The van der Waals surface area contributed by atoms with Crippen LogP contribution in [0.25, 0.3) is 59.8 Å². The molecule has 0 amide bonds. The summed E-state index contributed by atoms with van der Waals surface area (Å²) in [6.45, 7) is 17.3. The van der Waals surface area contributed by atoms with E-state index in [1.165, 1.54) is 60.9 Å². The summed E-state index contributed by atoms with van der Waals surface area (Å²) in [6, 6.07) is 30.0. The van der Waals surface area contributed by atoms with Crippen LogP contribution < -0.4 is 0 Å². The molecule has 1 N–H and O–H groups in total. The Balaban J connectivity index is 0.000000271. The van der Waals surface area contributed by atoms with Crippen LogP contribution in [0.15, 0.2) is 90.8 Å². The maximum atomic E-state index is 11.7. The summed E-state index contributed by atoms with van der Waals surface area (Å²) in [5, 5.41) is 19.6. The second-order valence-electron chi connectivity index (χ2n) is 15.0. The van der Waals surface area contributed by atoms with Crippen molar-refractivity contribution in [3.63, 3.8) is 0 Å². The van der Waals surface area contributed by atoms with E-state index in [2.05, 4.69) is 111 Å². The van der Waals surface area contributed by atoms with Crippen molar-refractivity contribution < 1.29 is 30.0 Å². The van der Waals surface area contributed by atoms with E-state index in [9.17, 15) is 9.90 Å². The van der Waals surface area contributed by atoms with Crippen molar-refractivity contribution in [3.8, 4) is 5.69 Å². The van der Waals surface area contributed by atoms with Crippen molar-refractivity contribution in [2.24, 2.45) is 17.3 Å². The quantitative estimate of drug-likeness (QED) is 0.0517. The molecule has 2 aromatic heterocycles. The normalized spacial score (nSPS) is 12.4. The molecule has 7 rings (SSSR count). The van der Waals surface area contributed by atoms with Gasteiger partial charge in [0, 0.05) is 66.5 Å². The summed E-state index contributed by atoms with van der Waals surface area (Å²) in [7, 11) is 0. The van der Waals surface area contributed by atoms with Crippen LogP contribution in [0, 0.1) is 30.2 Å². The van der Waals surface area contributed by atoms with Crippen LogP contribution in [0.5, 0.6) is 0 Å². The van der Waals surface area contributed by atoms with Gasteiger partial charge in [-0.1, -0.05) is 101 Å². The maximum absolute atomic E-state index is 11.7. The van der Waals surface area contributed by atoms with Gasteiger partial charge in [0.15, 0.2) is 5.78 Å². The molecule has 0 aliphatic carbocycles. The number of aliphatic hydroxyl groups excluding tert-OH is 1. The molecular formula is C46H51IrN2O2-. The number of aromatic nitrogens is 2. The SMILES string of the molecule is CCC(CC)C(=O)/C=C(\O)C(CC)CC.Cc1c2c3cc4ccccc4[c-]c3c3nccc4cc(CC(C)(C)C)c(c2c43)n1-c1ccccc1.[Ir]. The summed E-state index contributed by atoms with van der Waals surface area (Å²) in [6.07, 6.45) is 7.87. The van der Waals surface area contributed by atoms with Gasteiger partial charge < -0.3 is 9.67 Å². The Hall–Kier alpha value is -4.05. The van der Waals surface area contributed by atoms with Gasteiger partial charge in [-0.25, -0.2) is 0 Å². The zero-order valence-electron chi connectivity index (χ0n) is 31.4. The van der Waals surface area contributed by atoms with Crippen molar-refractivity contribution in [1.29, 1.82) is 0 Å². The van der Waals surface area contributed by atoms with Crippen LogP contribution in [-0.2, 0) is 31.3 Å². The van der Waals surface area contributed by atoms with Gasteiger partial charge in [0.25, 0.3) is 0 Å². The molecule has 0 atom stereocenters. The monoisotopic (exact) mass is 856 g/mol. The number of aliphatic hydroxyl groups is 1. The van der Waals surface area contributed by atoms with Crippen molar-refractivity contribution in [2.45, 2.75) is 87.5 Å². The second kappa shape index (κ2) is 15.7. The third-order valence-electron chi connectivity index (χ3n) is 10.4. The Bertz CT molecular complexity index is 2320. The van der Waals surface area contributed by atoms with E-state index < -0.39 is 0 Å². The molecule has 0 fully saturated rings. The summed E-state index contributed by atoms with van der Waals surface area (Å²) >= 11 is 0. The molecule has 267 valence electrons. The molecule has 1 radical (unpaired) electrons. The fraction of sp³-hybridized carbons (Fsp3) is 0.348. The molecule has 0 spiro atoms. The fourth-order valence-electron chi connectivity index (χ4n) is 7.81. The van der Waals surface area contributed by atoms with Gasteiger partial charge >= 0.3 is 0 Å². The minimum absolute atomic E-state index is 0. The summed E-state index contributed by atoms with van der Waals surface area (Å²) in [4.78, 5) is 16.7. The molecule has 7 aromatic rings. The molecule has 0 unspecified atom stereocenters. The van der Waals surface area contributed by atoms with E-state index in [0.717, 1.165) is 48.4 Å². The van der Waals surface area contributed by atoms with Crippen LogP contribution in [-0.4, -0.2) is 20.4 Å². The Morgan fingerprint density at radius 1 is 0.843 bits per heavy atom. The zero-order valence-corrected chi connectivity index (χ0v) is 33.8. The van der Waals surface area contributed by atoms with Crippen molar-refractivity contribution in [1.82, 2.24) is 9.55 Å². The first kappa shape index (κ1) is 38.2. The topological polar surface area (TPSA) is 55.1 Å². The zero-order chi connectivity index (χ0) is 35.7. The van der Waals surface area contributed by atoms with Gasteiger partial charge in [0.1, 0.15) is 0 Å². The number of pyridine rings is 1. The van der Waals surface area contributed by atoms with Crippen LogP contribution >= 0.6 is 0 Å². The molecular weight excluding hydrogens is 805 g/mol. The van der Waals surface area contributed by atoms with Crippen LogP contribution in [0.1, 0.15) is 85.4 Å². The van der Waals surface area contributed by atoms with Crippen molar-refractivity contribution >= 4 is 59.9 Å². The predicted molar refractivity (Wildman–Crippen MR) is 213 cm³/mol. The van der Waals surface area contributed by atoms with Gasteiger partial charge in [-0.3, -0.25) is 9.78 Å². The number of carbonyl (C=O) groups is 1. The van der Waals surface area contributed by atoms with Crippen LogP contribution in [0.4, 0.5) is 0 Å². The number of benzene rings is 5. The van der Waals surface area contributed by atoms with Gasteiger partial charge in [-0.15, -0.1) is 23.6 Å².